The van der Waals surface area contributed by atoms with Gasteiger partial charge >= 0.3 is 5.97 Å². The van der Waals surface area contributed by atoms with Crippen molar-refractivity contribution in [3.8, 4) is 11.1 Å². The summed E-state index contributed by atoms with van der Waals surface area (Å²) in [6, 6.07) is 78.8. The van der Waals surface area contributed by atoms with Gasteiger partial charge in [0.05, 0.1) is 12.2 Å². The van der Waals surface area contributed by atoms with Crippen LogP contribution in [0.4, 0.5) is 0 Å². The van der Waals surface area contributed by atoms with E-state index in [2.05, 4.69) is 200 Å². The molecule has 2 nitrogen and oxygen atoms in total. The van der Waals surface area contributed by atoms with Crippen LogP contribution in [0.5, 0.6) is 0 Å². The Bertz CT molecular complexity index is 2390. The SMILES string of the molecule is CCOC(=O)c1ccc(-c2cc(C(=C(c3ccccc3)c3ccccc3)c3ccccc3)cc(C(=C(c3ccccc3)c3ccccc3)c3ccccc3)c2)cc1. The van der Waals surface area contributed by atoms with E-state index in [4.69, 9.17) is 4.74 Å². The van der Waals surface area contributed by atoms with E-state index in [1.165, 1.54) is 0 Å². The van der Waals surface area contributed by atoms with Crippen molar-refractivity contribution in [1.29, 1.82) is 0 Å². The second kappa shape index (κ2) is 17.5. The van der Waals surface area contributed by atoms with Gasteiger partial charge in [0, 0.05) is 0 Å². The van der Waals surface area contributed by atoms with E-state index in [9.17, 15) is 4.79 Å². The van der Waals surface area contributed by atoms with Gasteiger partial charge in [0.15, 0.2) is 0 Å². The van der Waals surface area contributed by atoms with Crippen molar-refractivity contribution in [2.24, 2.45) is 0 Å². The van der Waals surface area contributed by atoms with Crippen LogP contribution >= 0.6 is 0 Å². The lowest BCUT2D eigenvalue weighted by Gasteiger charge is -2.22. The normalized spacial score (nSPS) is 10.7. The first-order valence-electron chi connectivity index (χ1n) is 19.4. The van der Waals surface area contributed by atoms with E-state index in [-0.39, 0.29) is 5.97 Å². The van der Waals surface area contributed by atoms with E-state index in [1.54, 1.807) is 0 Å². The molecule has 57 heavy (non-hydrogen) atoms. The number of rotatable bonds is 11. The largest absolute Gasteiger partial charge is 0.462 e. The van der Waals surface area contributed by atoms with Crippen LogP contribution < -0.4 is 0 Å². The predicted molar refractivity (Wildman–Crippen MR) is 237 cm³/mol. The molecule has 0 atom stereocenters. The number of ether oxygens (including phenoxy) is 1. The number of esters is 1. The van der Waals surface area contributed by atoms with E-state index < -0.39 is 0 Å². The minimum absolute atomic E-state index is 0.325. The molecule has 2 heteroatoms. The van der Waals surface area contributed by atoms with Crippen molar-refractivity contribution >= 4 is 28.3 Å². The van der Waals surface area contributed by atoms with Crippen LogP contribution in [0.15, 0.2) is 224 Å². The van der Waals surface area contributed by atoms with Crippen molar-refractivity contribution < 1.29 is 9.53 Å². The first kappa shape index (κ1) is 36.7. The number of hydrogen-bond acceptors (Lipinski definition) is 2. The fourth-order valence-corrected chi connectivity index (χ4v) is 7.55. The van der Waals surface area contributed by atoms with Gasteiger partial charge in [-0.15, -0.1) is 0 Å². The standard InChI is InChI=1S/C55H42O2/c1-2-57-55(56)47-35-33-40(34-36-47)48-37-49(53(45-29-17-7-18-30-45)51(41-21-9-3-10-22-41)42-23-11-4-12-24-42)39-50(38-48)54(46-31-19-8-20-32-46)52(43-25-13-5-14-26-43)44-27-15-6-16-28-44/h3-39H,2H2,1H3. The maximum atomic E-state index is 12.7. The quantitative estimate of drug-likeness (QED) is 0.0977. The van der Waals surface area contributed by atoms with E-state index in [1.807, 2.05) is 31.2 Å². The summed E-state index contributed by atoms with van der Waals surface area (Å²) >= 11 is 0. The van der Waals surface area contributed by atoms with Crippen molar-refractivity contribution in [2.75, 3.05) is 6.61 Å². The van der Waals surface area contributed by atoms with Gasteiger partial charge in [0.25, 0.3) is 0 Å². The van der Waals surface area contributed by atoms with Gasteiger partial charge in [-0.2, -0.15) is 0 Å². The van der Waals surface area contributed by atoms with Crippen LogP contribution in [-0.2, 0) is 4.74 Å². The van der Waals surface area contributed by atoms with Crippen LogP contribution in [0.1, 0.15) is 61.8 Å². The zero-order valence-electron chi connectivity index (χ0n) is 31.9. The minimum atomic E-state index is -0.326. The van der Waals surface area contributed by atoms with E-state index in [0.717, 1.165) is 77.9 Å². The number of carbonyl (C=O) groups is 1. The van der Waals surface area contributed by atoms with Crippen LogP contribution in [0.2, 0.25) is 0 Å². The van der Waals surface area contributed by atoms with Crippen LogP contribution in [0.25, 0.3) is 33.4 Å². The zero-order valence-corrected chi connectivity index (χ0v) is 31.9. The molecule has 8 aromatic carbocycles. The van der Waals surface area contributed by atoms with Crippen molar-refractivity contribution in [1.82, 2.24) is 0 Å². The molecule has 8 rings (SSSR count). The molecule has 0 aliphatic rings. The second-order valence-corrected chi connectivity index (χ2v) is 13.8. The monoisotopic (exact) mass is 734 g/mol. The Labute approximate surface area is 335 Å². The molecule has 274 valence electrons. The summed E-state index contributed by atoms with van der Waals surface area (Å²) in [4.78, 5) is 12.7. The first-order chi connectivity index (χ1) is 28.2. The Morgan fingerprint density at radius 3 is 0.877 bits per heavy atom. The van der Waals surface area contributed by atoms with Crippen molar-refractivity contribution in [2.45, 2.75) is 6.92 Å². The van der Waals surface area contributed by atoms with Gasteiger partial charge in [0.2, 0.25) is 0 Å². The Balaban J connectivity index is 1.51. The molecule has 0 fully saturated rings. The summed E-state index contributed by atoms with van der Waals surface area (Å²) in [5, 5.41) is 0. The molecule has 0 unspecified atom stereocenters. The fourth-order valence-electron chi connectivity index (χ4n) is 7.55. The summed E-state index contributed by atoms with van der Waals surface area (Å²) in [6.07, 6.45) is 0. The third kappa shape index (κ3) is 8.22. The molecule has 0 aliphatic heterocycles. The molecule has 0 radical (unpaired) electrons. The van der Waals surface area contributed by atoms with Crippen LogP contribution in [-0.4, -0.2) is 12.6 Å². The van der Waals surface area contributed by atoms with Gasteiger partial charge < -0.3 is 4.74 Å². The summed E-state index contributed by atoms with van der Waals surface area (Å²) in [6.45, 7) is 2.15. The number of benzene rings is 8. The van der Waals surface area contributed by atoms with Gasteiger partial charge in [-0.3, -0.25) is 0 Å². The fraction of sp³-hybridized carbons (Fsp3) is 0.0364. The van der Waals surface area contributed by atoms with Gasteiger partial charge in [-0.1, -0.05) is 194 Å². The minimum Gasteiger partial charge on any atom is -0.462 e. The Morgan fingerprint density at radius 1 is 0.316 bits per heavy atom. The maximum Gasteiger partial charge on any atom is 0.338 e. The molecular weight excluding hydrogens is 693 g/mol. The average molecular weight is 735 g/mol. The van der Waals surface area contributed by atoms with Crippen LogP contribution in [0.3, 0.4) is 0 Å². The third-order valence-electron chi connectivity index (χ3n) is 10.1. The molecular formula is C55H42O2. The van der Waals surface area contributed by atoms with E-state index in [0.29, 0.717) is 12.2 Å². The smallest absolute Gasteiger partial charge is 0.338 e. The summed E-state index contributed by atoms with van der Waals surface area (Å²) in [5.74, 6) is -0.326. The van der Waals surface area contributed by atoms with Gasteiger partial charge in [0.1, 0.15) is 0 Å². The van der Waals surface area contributed by atoms with Gasteiger partial charge in [-0.05, 0) is 115 Å². The lowest BCUT2D eigenvalue weighted by molar-refractivity contribution is 0.0526. The molecule has 0 aromatic heterocycles. The predicted octanol–water partition coefficient (Wildman–Crippen LogP) is 13.5. The highest BCUT2D eigenvalue weighted by Crippen LogP contribution is 2.43. The number of carbonyl (C=O) groups excluding carboxylic acids is 1. The van der Waals surface area contributed by atoms with Gasteiger partial charge in [-0.25, -0.2) is 4.79 Å². The Hall–Kier alpha value is -7.29. The lowest BCUT2D eigenvalue weighted by Crippen LogP contribution is -2.04. The highest BCUT2D eigenvalue weighted by molar-refractivity contribution is 6.08. The van der Waals surface area contributed by atoms with Crippen LogP contribution in [0, 0.1) is 0 Å². The summed E-state index contributed by atoms with van der Waals surface area (Å²) < 4.78 is 5.34. The number of hydrogen-bond donors (Lipinski definition) is 0. The summed E-state index contributed by atoms with van der Waals surface area (Å²) in [5.41, 5.74) is 15.9. The van der Waals surface area contributed by atoms with E-state index >= 15 is 0 Å². The molecule has 0 spiro atoms. The lowest BCUT2D eigenvalue weighted by atomic mass is 9.81. The molecule has 0 saturated carbocycles. The molecule has 0 bridgehead atoms. The van der Waals surface area contributed by atoms with Crippen molar-refractivity contribution in [3.63, 3.8) is 0 Å². The average Bonchev–Trinajstić information content (AvgIpc) is 3.29. The topological polar surface area (TPSA) is 26.3 Å². The Morgan fingerprint density at radius 2 is 0.596 bits per heavy atom. The molecule has 0 heterocycles. The maximum absolute atomic E-state index is 12.7. The van der Waals surface area contributed by atoms with Crippen molar-refractivity contribution in [3.05, 3.63) is 275 Å². The first-order valence-corrected chi connectivity index (χ1v) is 19.4. The molecule has 0 amide bonds. The second-order valence-electron chi connectivity index (χ2n) is 13.8. The molecule has 0 N–H and O–H groups in total. The highest BCUT2D eigenvalue weighted by Gasteiger charge is 2.22. The molecule has 0 saturated heterocycles. The summed E-state index contributed by atoms with van der Waals surface area (Å²) in [7, 11) is 0. The Kier molecular flexibility index (Phi) is 11.2. The third-order valence-corrected chi connectivity index (χ3v) is 10.1. The molecule has 8 aromatic rings. The highest BCUT2D eigenvalue weighted by atomic mass is 16.5. The molecule has 0 aliphatic carbocycles. The zero-order chi connectivity index (χ0) is 38.8.